The van der Waals surface area contributed by atoms with Gasteiger partial charge in [0.25, 0.3) is 0 Å². The molecule has 0 saturated heterocycles. The lowest BCUT2D eigenvalue weighted by Gasteiger charge is -2.20. The highest BCUT2D eigenvalue weighted by Crippen LogP contribution is 2.18. The van der Waals surface area contributed by atoms with Gasteiger partial charge in [0.15, 0.2) is 0 Å². The Labute approximate surface area is 438 Å². The van der Waals surface area contributed by atoms with Crippen molar-refractivity contribution < 1.29 is 24.5 Å². The van der Waals surface area contributed by atoms with Gasteiger partial charge in [-0.2, -0.15) is 0 Å². The first-order valence-electron chi connectivity index (χ1n) is 32.0. The molecule has 0 aliphatic heterocycles. The molecular formula is C64H125NO5. The molecule has 0 saturated carbocycles. The zero-order valence-corrected chi connectivity index (χ0v) is 47.5. The molecule has 0 aliphatic rings. The highest BCUT2D eigenvalue weighted by atomic mass is 16.5. The number of esters is 1. The van der Waals surface area contributed by atoms with Crippen molar-refractivity contribution in [1.29, 1.82) is 0 Å². The average Bonchev–Trinajstić information content (AvgIpc) is 3.36. The maximum atomic E-state index is 12.5. The van der Waals surface area contributed by atoms with Crippen LogP contribution in [-0.4, -0.2) is 47.4 Å². The summed E-state index contributed by atoms with van der Waals surface area (Å²) in [5.41, 5.74) is 0. The van der Waals surface area contributed by atoms with Gasteiger partial charge in [-0.05, 0) is 32.1 Å². The second kappa shape index (κ2) is 60.2. The van der Waals surface area contributed by atoms with Gasteiger partial charge in [0, 0.05) is 12.8 Å². The van der Waals surface area contributed by atoms with Crippen LogP contribution in [0.1, 0.15) is 361 Å². The molecule has 0 aromatic heterocycles. The number of allylic oxidation sites excluding steroid dienone is 1. The van der Waals surface area contributed by atoms with Crippen LogP contribution in [0.2, 0.25) is 0 Å². The highest BCUT2D eigenvalue weighted by Gasteiger charge is 2.18. The summed E-state index contributed by atoms with van der Waals surface area (Å²) in [4.78, 5) is 24.5. The van der Waals surface area contributed by atoms with E-state index in [-0.39, 0.29) is 18.5 Å². The minimum absolute atomic E-state index is 0.00517. The molecule has 1 amide bonds. The normalized spacial score (nSPS) is 12.6. The first kappa shape index (κ1) is 68.6. The number of aliphatic hydroxyl groups is 2. The zero-order valence-electron chi connectivity index (χ0n) is 47.5. The predicted molar refractivity (Wildman–Crippen MR) is 306 cm³/mol. The third-order valence-corrected chi connectivity index (χ3v) is 15.1. The number of rotatable bonds is 60. The minimum Gasteiger partial charge on any atom is -0.466 e. The molecule has 0 aromatic carbocycles. The number of ether oxygens (including phenoxy) is 1. The van der Waals surface area contributed by atoms with E-state index in [9.17, 15) is 19.8 Å². The fraction of sp³-hybridized carbons (Fsp3) is 0.938. The smallest absolute Gasteiger partial charge is 0.305 e. The van der Waals surface area contributed by atoms with Crippen molar-refractivity contribution in [2.75, 3.05) is 13.2 Å². The number of amides is 1. The van der Waals surface area contributed by atoms with Crippen LogP contribution in [0.4, 0.5) is 0 Å². The minimum atomic E-state index is -0.849. The van der Waals surface area contributed by atoms with E-state index in [0.717, 1.165) is 44.9 Å². The number of hydrogen-bond donors (Lipinski definition) is 3. The summed E-state index contributed by atoms with van der Waals surface area (Å²) >= 11 is 0. The van der Waals surface area contributed by atoms with Crippen LogP contribution in [0.15, 0.2) is 12.2 Å². The molecule has 0 rings (SSSR count). The third kappa shape index (κ3) is 55.9. The van der Waals surface area contributed by atoms with Crippen molar-refractivity contribution in [2.24, 2.45) is 0 Å². The second-order valence-electron chi connectivity index (χ2n) is 22.1. The standard InChI is InChI=1S/C64H125NO5/c1-3-5-7-9-11-13-15-16-17-18-19-20-21-22-23-24-25-27-30-33-37-40-44-48-52-56-62(67)61(60-66)65-63(68)57-53-49-45-41-38-34-31-28-26-29-32-35-39-43-47-51-55-59-70-64(69)58-54-50-46-42-36-14-12-10-8-6-4-2/h52,56,61-62,66-67H,3-51,53-55,57-60H2,1-2H3,(H,65,68)/b56-52+. The third-order valence-electron chi connectivity index (χ3n) is 15.1. The van der Waals surface area contributed by atoms with Crippen molar-refractivity contribution in [2.45, 2.75) is 373 Å². The summed E-state index contributed by atoms with van der Waals surface area (Å²) in [6.45, 7) is 4.92. The van der Waals surface area contributed by atoms with E-state index in [1.807, 2.05) is 6.08 Å². The molecule has 0 aliphatic carbocycles. The monoisotopic (exact) mass is 988 g/mol. The van der Waals surface area contributed by atoms with Gasteiger partial charge in [-0.3, -0.25) is 9.59 Å². The number of nitrogens with one attached hydrogen (secondary N) is 1. The Bertz CT molecular complexity index is 1050. The first-order valence-corrected chi connectivity index (χ1v) is 32.0. The quantitative estimate of drug-likeness (QED) is 0.0321. The Morgan fingerprint density at radius 2 is 0.657 bits per heavy atom. The lowest BCUT2D eigenvalue weighted by atomic mass is 10.0. The van der Waals surface area contributed by atoms with Crippen molar-refractivity contribution in [3.63, 3.8) is 0 Å². The fourth-order valence-electron chi connectivity index (χ4n) is 10.2. The van der Waals surface area contributed by atoms with E-state index in [1.165, 1.54) is 289 Å². The molecule has 0 spiro atoms. The van der Waals surface area contributed by atoms with Gasteiger partial charge in [-0.15, -0.1) is 0 Å². The molecular weight excluding hydrogens is 863 g/mol. The maximum Gasteiger partial charge on any atom is 0.305 e. The lowest BCUT2D eigenvalue weighted by Crippen LogP contribution is -2.45. The number of aliphatic hydroxyl groups excluding tert-OH is 2. The number of hydrogen-bond acceptors (Lipinski definition) is 5. The van der Waals surface area contributed by atoms with Gasteiger partial charge in [-0.1, -0.05) is 328 Å². The molecule has 70 heavy (non-hydrogen) atoms. The van der Waals surface area contributed by atoms with E-state index < -0.39 is 12.1 Å². The Balaban J connectivity index is 3.44. The van der Waals surface area contributed by atoms with E-state index in [1.54, 1.807) is 6.08 Å². The molecule has 2 atom stereocenters. The largest absolute Gasteiger partial charge is 0.466 e. The van der Waals surface area contributed by atoms with Crippen molar-refractivity contribution in [3.05, 3.63) is 12.2 Å². The number of carbonyl (C=O) groups is 2. The van der Waals surface area contributed by atoms with Crippen LogP contribution in [0, 0.1) is 0 Å². The summed E-state index contributed by atoms with van der Waals surface area (Å²) in [7, 11) is 0. The SMILES string of the molecule is CCCCCCCCCCCCCCCCCCCCCCCCC/C=C/C(O)C(CO)NC(=O)CCCCCCCCCCCCCCCCCCCOC(=O)CCCCCCCCCCCCC. The zero-order chi connectivity index (χ0) is 50.7. The molecule has 6 heteroatoms. The van der Waals surface area contributed by atoms with Gasteiger partial charge < -0.3 is 20.3 Å². The number of unbranched alkanes of at least 4 members (excludes halogenated alkanes) is 49. The second-order valence-corrected chi connectivity index (χ2v) is 22.1. The topological polar surface area (TPSA) is 95.9 Å². The van der Waals surface area contributed by atoms with Crippen LogP contribution in [0.25, 0.3) is 0 Å². The Morgan fingerprint density at radius 1 is 0.386 bits per heavy atom. The molecule has 3 N–H and O–H groups in total. The average molecular weight is 989 g/mol. The van der Waals surface area contributed by atoms with Crippen molar-refractivity contribution in [1.82, 2.24) is 5.32 Å². The van der Waals surface area contributed by atoms with E-state index in [0.29, 0.717) is 19.4 Å². The summed E-state index contributed by atoms with van der Waals surface area (Å²) in [5, 5.41) is 23.2. The molecule has 0 aromatic rings. The molecule has 0 radical (unpaired) electrons. The highest BCUT2D eigenvalue weighted by molar-refractivity contribution is 5.76. The molecule has 6 nitrogen and oxygen atoms in total. The van der Waals surface area contributed by atoms with Crippen LogP contribution in [-0.2, 0) is 14.3 Å². The maximum absolute atomic E-state index is 12.5. The lowest BCUT2D eigenvalue weighted by molar-refractivity contribution is -0.143. The molecule has 0 bridgehead atoms. The number of carbonyl (C=O) groups excluding carboxylic acids is 2. The van der Waals surface area contributed by atoms with Crippen molar-refractivity contribution in [3.8, 4) is 0 Å². The summed E-state index contributed by atoms with van der Waals surface area (Å²) < 4.78 is 5.46. The van der Waals surface area contributed by atoms with Crippen molar-refractivity contribution >= 4 is 11.9 Å². The molecule has 0 heterocycles. The van der Waals surface area contributed by atoms with Crippen LogP contribution in [0.3, 0.4) is 0 Å². The summed E-state index contributed by atoms with van der Waals surface area (Å²) in [6, 6.07) is -0.632. The molecule has 0 fully saturated rings. The van der Waals surface area contributed by atoms with Gasteiger partial charge in [0.2, 0.25) is 5.91 Å². The predicted octanol–water partition coefficient (Wildman–Crippen LogP) is 20.0. The summed E-state index contributed by atoms with van der Waals surface area (Å²) in [5.74, 6) is -0.0636. The van der Waals surface area contributed by atoms with Gasteiger partial charge in [0.1, 0.15) is 0 Å². The summed E-state index contributed by atoms with van der Waals surface area (Å²) in [6.07, 6.45) is 72.6. The van der Waals surface area contributed by atoms with E-state index in [4.69, 9.17) is 4.74 Å². The van der Waals surface area contributed by atoms with Gasteiger partial charge >= 0.3 is 5.97 Å². The Kier molecular flexibility index (Phi) is 59.0. The van der Waals surface area contributed by atoms with Crippen LogP contribution < -0.4 is 5.32 Å². The van der Waals surface area contributed by atoms with Gasteiger partial charge in [-0.25, -0.2) is 0 Å². The van der Waals surface area contributed by atoms with Gasteiger partial charge in [0.05, 0.1) is 25.4 Å². The van der Waals surface area contributed by atoms with E-state index in [2.05, 4.69) is 19.2 Å². The molecule has 416 valence electrons. The molecule has 2 unspecified atom stereocenters. The van der Waals surface area contributed by atoms with Crippen LogP contribution in [0.5, 0.6) is 0 Å². The van der Waals surface area contributed by atoms with E-state index >= 15 is 0 Å². The fourth-order valence-corrected chi connectivity index (χ4v) is 10.2. The Morgan fingerprint density at radius 3 is 0.971 bits per heavy atom. The van der Waals surface area contributed by atoms with Crippen LogP contribution >= 0.6 is 0 Å². The Hall–Kier alpha value is -1.40. The first-order chi connectivity index (χ1) is 34.5.